The number of benzene rings is 1. The third kappa shape index (κ3) is 4.58. The second-order valence-electron chi connectivity index (χ2n) is 3.97. The lowest BCUT2D eigenvalue weighted by Crippen LogP contribution is -2.34. The molecule has 108 valence electrons. The van der Waals surface area contributed by atoms with Gasteiger partial charge in [-0.05, 0) is 18.6 Å². The van der Waals surface area contributed by atoms with Crippen molar-refractivity contribution in [3.8, 4) is 0 Å². The monoisotopic (exact) mass is 281 g/mol. The van der Waals surface area contributed by atoms with Crippen LogP contribution in [0.15, 0.2) is 24.3 Å². The summed E-state index contributed by atoms with van der Waals surface area (Å²) in [7, 11) is 0. The summed E-state index contributed by atoms with van der Waals surface area (Å²) in [6.07, 6.45) is -0.0744. The minimum atomic E-state index is -1.11. The fourth-order valence-corrected chi connectivity index (χ4v) is 1.28. The Labute approximate surface area is 114 Å². The molecule has 0 aliphatic carbocycles. The van der Waals surface area contributed by atoms with E-state index in [4.69, 9.17) is 17.2 Å². The molecule has 0 bridgehead atoms. The van der Waals surface area contributed by atoms with E-state index in [1.165, 1.54) is 12.1 Å². The predicted octanol–water partition coefficient (Wildman–Crippen LogP) is -0.523. The largest absolute Gasteiger partial charge is 0.398 e. The molecule has 8 heteroatoms. The highest BCUT2D eigenvalue weighted by Crippen LogP contribution is 2.12. The van der Waals surface area contributed by atoms with Crippen molar-refractivity contribution in [2.24, 2.45) is 11.5 Å². The zero-order valence-corrected chi connectivity index (χ0v) is 10.6. The van der Waals surface area contributed by atoms with Gasteiger partial charge in [-0.15, -0.1) is 0 Å². The molecule has 0 saturated heterocycles. The van der Waals surface area contributed by atoms with E-state index in [1.807, 2.05) is 0 Å². The van der Waals surface area contributed by atoms with Crippen LogP contribution in [0.2, 0.25) is 0 Å². The minimum absolute atomic E-state index is 0.000801. The van der Waals surface area contributed by atoms with E-state index >= 15 is 0 Å². The molecule has 1 atom stereocenters. The summed E-state index contributed by atoms with van der Waals surface area (Å²) in [5.74, 6) is -2.49. The highest BCUT2D eigenvalue weighted by atomic mass is 17.2. The Morgan fingerprint density at radius 1 is 1.15 bits per heavy atom. The normalized spacial score (nSPS) is 11.4. The van der Waals surface area contributed by atoms with Gasteiger partial charge in [-0.2, -0.15) is 0 Å². The molecular weight excluding hydrogens is 266 g/mol. The van der Waals surface area contributed by atoms with Crippen molar-refractivity contribution in [1.29, 1.82) is 0 Å². The Morgan fingerprint density at radius 2 is 1.80 bits per heavy atom. The summed E-state index contributed by atoms with van der Waals surface area (Å²) in [5, 5.41) is 0. The van der Waals surface area contributed by atoms with Gasteiger partial charge in [0, 0.05) is 12.1 Å². The molecule has 0 aliphatic rings. The first kappa shape index (κ1) is 15.4. The molecular formula is C12H15N3O5. The molecule has 0 fully saturated rings. The fraction of sp³-hybridized carbons (Fsp3) is 0.250. The van der Waals surface area contributed by atoms with E-state index in [1.54, 1.807) is 12.1 Å². The van der Waals surface area contributed by atoms with Crippen molar-refractivity contribution in [2.45, 2.75) is 18.9 Å². The SMILES string of the molecule is NC(=O)CCC(N)C(=O)OOC(=O)c1ccccc1N. The van der Waals surface area contributed by atoms with Crippen molar-refractivity contribution in [3.63, 3.8) is 0 Å². The van der Waals surface area contributed by atoms with E-state index in [-0.39, 0.29) is 24.1 Å². The van der Waals surface area contributed by atoms with Crippen LogP contribution in [0.1, 0.15) is 23.2 Å². The number of anilines is 1. The molecule has 20 heavy (non-hydrogen) atoms. The van der Waals surface area contributed by atoms with Gasteiger partial charge >= 0.3 is 11.9 Å². The summed E-state index contributed by atoms with van der Waals surface area (Å²) >= 11 is 0. The van der Waals surface area contributed by atoms with Gasteiger partial charge in [0.15, 0.2) is 0 Å². The molecule has 0 spiro atoms. The molecule has 0 heterocycles. The summed E-state index contributed by atoms with van der Waals surface area (Å²) < 4.78 is 0. The van der Waals surface area contributed by atoms with Crippen LogP contribution in [0, 0.1) is 0 Å². The average molecular weight is 281 g/mol. The molecule has 0 saturated carbocycles. The van der Waals surface area contributed by atoms with E-state index in [9.17, 15) is 14.4 Å². The van der Waals surface area contributed by atoms with Crippen LogP contribution < -0.4 is 17.2 Å². The van der Waals surface area contributed by atoms with E-state index < -0.39 is 23.9 Å². The number of nitrogen functional groups attached to an aromatic ring is 1. The van der Waals surface area contributed by atoms with E-state index in [0.29, 0.717) is 0 Å². The maximum atomic E-state index is 11.6. The van der Waals surface area contributed by atoms with Crippen molar-refractivity contribution in [2.75, 3.05) is 5.73 Å². The Kier molecular flexibility index (Phi) is 5.48. The van der Waals surface area contributed by atoms with Crippen molar-refractivity contribution in [3.05, 3.63) is 29.8 Å². The molecule has 0 aromatic heterocycles. The highest BCUT2D eigenvalue weighted by Gasteiger charge is 2.20. The summed E-state index contributed by atoms with van der Waals surface area (Å²) in [6.45, 7) is 0. The molecule has 0 aliphatic heterocycles. The number of carbonyl (C=O) groups is 3. The Hall–Kier alpha value is -2.61. The number of hydrogen-bond donors (Lipinski definition) is 3. The summed E-state index contributed by atoms with van der Waals surface area (Å²) in [5.41, 5.74) is 16.1. The number of carbonyl (C=O) groups excluding carboxylic acids is 3. The third-order valence-electron chi connectivity index (χ3n) is 2.38. The molecule has 1 aromatic carbocycles. The molecule has 1 unspecified atom stereocenters. The average Bonchev–Trinajstić information content (AvgIpc) is 2.42. The standard InChI is InChI=1S/C12H15N3O5/c13-8-4-2-1-3-7(8)11(17)19-20-12(18)9(14)5-6-10(15)16/h1-4,9H,5-6,13-14H2,(H2,15,16). The Morgan fingerprint density at radius 3 is 2.40 bits per heavy atom. The van der Waals surface area contributed by atoms with Gasteiger partial charge in [0.25, 0.3) is 0 Å². The lowest BCUT2D eigenvalue weighted by molar-refractivity contribution is -0.235. The third-order valence-corrected chi connectivity index (χ3v) is 2.38. The first-order chi connectivity index (χ1) is 9.41. The number of nitrogens with two attached hydrogens (primary N) is 3. The molecule has 8 nitrogen and oxygen atoms in total. The maximum Gasteiger partial charge on any atom is 0.388 e. The molecule has 1 rings (SSSR count). The zero-order valence-electron chi connectivity index (χ0n) is 10.6. The fourth-order valence-electron chi connectivity index (χ4n) is 1.28. The van der Waals surface area contributed by atoms with Crippen LogP contribution in [-0.2, 0) is 19.4 Å². The van der Waals surface area contributed by atoms with Crippen molar-refractivity contribution < 1.29 is 24.2 Å². The number of amides is 1. The second kappa shape index (κ2) is 7.10. The van der Waals surface area contributed by atoms with Crippen LogP contribution in [0.5, 0.6) is 0 Å². The van der Waals surface area contributed by atoms with E-state index in [2.05, 4.69) is 9.78 Å². The number of primary amides is 1. The van der Waals surface area contributed by atoms with E-state index in [0.717, 1.165) is 0 Å². The number of rotatable bonds is 5. The summed E-state index contributed by atoms with van der Waals surface area (Å²) in [4.78, 5) is 42.1. The van der Waals surface area contributed by atoms with Gasteiger partial charge in [0.2, 0.25) is 5.91 Å². The first-order valence-electron chi connectivity index (χ1n) is 5.73. The number of hydrogen-bond acceptors (Lipinski definition) is 7. The first-order valence-corrected chi connectivity index (χ1v) is 5.73. The molecule has 1 amide bonds. The van der Waals surface area contributed by atoms with Gasteiger partial charge < -0.3 is 17.2 Å². The van der Waals surface area contributed by atoms with Crippen LogP contribution in [0.25, 0.3) is 0 Å². The van der Waals surface area contributed by atoms with Gasteiger partial charge in [-0.1, -0.05) is 12.1 Å². The lowest BCUT2D eigenvalue weighted by Gasteiger charge is -2.09. The predicted molar refractivity (Wildman–Crippen MR) is 68.8 cm³/mol. The Bertz CT molecular complexity index is 518. The van der Waals surface area contributed by atoms with Crippen molar-refractivity contribution in [1.82, 2.24) is 0 Å². The number of para-hydroxylation sites is 1. The molecule has 0 radical (unpaired) electrons. The van der Waals surface area contributed by atoms with Gasteiger partial charge in [-0.3, -0.25) is 4.79 Å². The van der Waals surface area contributed by atoms with Crippen LogP contribution in [0.4, 0.5) is 5.69 Å². The topological polar surface area (TPSA) is 148 Å². The quantitative estimate of drug-likeness (QED) is 0.373. The molecule has 1 aromatic rings. The van der Waals surface area contributed by atoms with Gasteiger partial charge in [0.1, 0.15) is 6.04 Å². The van der Waals surface area contributed by atoms with Crippen molar-refractivity contribution >= 4 is 23.5 Å². The maximum absolute atomic E-state index is 11.6. The van der Waals surface area contributed by atoms with Gasteiger partial charge in [-0.25, -0.2) is 19.4 Å². The van der Waals surface area contributed by atoms with Crippen LogP contribution >= 0.6 is 0 Å². The van der Waals surface area contributed by atoms with Crippen LogP contribution in [0.3, 0.4) is 0 Å². The van der Waals surface area contributed by atoms with Crippen LogP contribution in [-0.4, -0.2) is 23.9 Å². The highest BCUT2D eigenvalue weighted by molar-refractivity contribution is 5.95. The molecule has 6 N–H and O–H groups in total. The van der Waals surface area contributed by atoms with Gasteiger partial charge in [0.05, 0.1) is 5.56 Å². The lowest BCUT2D eigenvalue weighted by atomic mass is 10.2. The summed E-state index contributed by atoms with van der Waals surface area (Å²) in [6, 6.07) is 5.02. The Balaban J connectivity index is 2.47. The smallest absolute Gasteiger partial charge is 0.388 e. The second-order valence-corrected chi connectivity index (χ2v) is 3.97. The minimum Gasteiger partial charge on any atom is -0.398 e. The zero-order chi connectivity index (χ0) is 15.1.